The molecule has 0 bridgehead atoms. The molecule has 0 saturated heterocycles. The third-order valence-electron chi connectivity index (χ3n) is 3.47. The second-order valence-electron chi connectivity index (χ2n) is 5.32. The molecule has 0 spiro atoms. The van der Waals surface area contributed by atoms with Gasteiger partial charge in [-0.05, 0) is 6.42 Å². The Morgan fingerprint density at radius 1 is 0.950 bits per heavy atom. The van der Waals surface area contributed by atoms with Crippen LogP contribution in [-0.2, 0) is 14.3 Å². The highest BCUT2D eigenvalue weighted by Crippen LogP contribution is 2.10. The van der Waals surface area contributed by atoms with E-state index in [9.17, 15) is 4.79 Å². The van der Waals surface area contributed by atoms with Gasteiger partial charge in [-0.3, -0.25) is 0 Å². The van der Waals surface area contributed by atoms with Crippen LogP contribution in [0.5, 0.6) is 0 Å². The lowest BCUT2D eigenvalue weighted by Crippen LogP contribution is -2.28. The molecule has 0 rings (SSSR count). The molecule has 4 nitrogen and oxygen atoms in total. The number of rotatable bonds is 15. The molecule has 0 aliphatic heterocycles. The fourth-order valence-electron chi connectivity index (χ4n) is 2.12. The van der Waals surface area contributed by atoms with E-state index in [2.05, 4.69) is 6.92 Å². The molecule has 0 aromatic rings. The predicted octanol–water partition coefficient (Wildman–Crippen LogP) is 4.02. The monoisotopic (exact) mass is 288 g/mol. The molecule has 0 aliphatic carbocycles. The molecule has 20 heavy (non-hydrogen) atoms. The van der Waals surface area contributed by atoms with Gasteiger partial charge in [-0.25, -0.2) is 4.79 Å². The highest BCUT2D eigenvalue weighted by atomic mass is 16.5. The zero-order valence-electron chi connectivity index (χ0n) is 13.2. The molecule has 1 atom stereocenters. The van der Waals surface area contributed by atoms with E-state index in [1.165, 1.54) is 64.9 Å². The summed E-state index contributed by atoms with van der Waals surface area (Å²) in [7, 11) is 1.39. The smallest absolute Gasteiger partial charge is 0.335 e. The van der Waals surface area contributed by atoms with Gasteiger partial charge in [-0.15, -0.1) is 0 Å². The maximum absolute atomic E-state index is 10.7. The number of unbranched alkanes of at least 4 members (excludes halogenated alkanes) is 9. The normalized spacial score (nSPS) is 12.5. The lowest BCUT2D eigenvalue weighted by atomic mass is 10.1. The van der Waals surface area contributed by atoms with Gasteiger partial charge in [0.15, 0.2) is 6.10 Å². The van der Waals surface area contributed by atoms with Crippen molar-refractivity contribution in [2.45, 2.75) is 77.2 Å². The van der Waals surface area contributed by atoms with Gasteiger partial charge < -0.3 is 14.6 Å². The Kier molecular flexibility index (Phi) is 14.3. The Balaban J connectivity index is 3.15. The van der Waals surface area contributed by atoms with E-state index in [0.29, 0.717) is 6.61 Å². The summed E-state index contributed by atoms with van der Waals surface area (Å²) in [6.07, 6.45) is 12.1. The van der Waals surface area contributed by atoms with E-state index in [1.807, 2.05) is 0 Å². The highest BCUT2D eigenvalue weighted by molar-refractivity contribution is 5.72. The van der Waals surface area contributed by atoms with Crippen LogP contribution in [0.25, 0.3) is 0 Å². The lowest BCUT2D eigenvalue weighted by molar-refractivity contribution is -0.152. The van der Waals surface area contributed by atoms with E-state index < -0.39 is 12.1 Å². The quantitative estimate of drug-likeness (QED) is 0.462. The van der Waals surface area contributed by atoms with Gasteiger partial charge in [-0.2, -0.15) is 0 Å². The minimum atomic E-state index is -0.962. The second kappa shape index (κ2) is 14.8. The number of ether oxygens (including phenoxy) is 2. The van der Waals surface area contributed by atoms with Crippen LogP contribution in [0, 0.1) is 0 Å². The van der Waals surface area contributed by atoms with Gasteiger partial charge in [0.1, 0.15) is 0 Å². The first-order valence-corrected chi connectivity index (χ1v) is 8.05. The number of carboxylic acids is 1. The van der Waals surface area contributed by atoms with Crippen LogP contribution in [-0.4, -0.2) is 37.5 Å². The van der Waals surface area contributed by atoms with Gasteiger partial charge in [0, 0.05) is 13.7 Å². The third kappa shape index (κ3) is 12.4. The minimum absolute atomic E-state index is 0.142. The van der Waals surface area contributed by atoms with E-state index in [0.717, 1.165) is 6.42 Å². The van der Waals surface area contributed by atoms with Crippen LogP contribution in [0.1, 0.15) is 71.1 Å². The Labute approximate surface area is 123 Å². The molecule has 0 heterocycles. The molecular formula is C16H32O4. The van der Waals surface area contributed by atoms with Crippen LogP contribution < -0.4 is 0 Å². The zero-order valence-corrected chi connectivity index (χ0v) is 13.2. The fraction of sp³-hybridized carbons (Fsp3) is 0.938. The molecule has 0 fully saturated rings. The summed E-state index contributed by atoms with van der Waals surface area (Å²) in [6.45, 7) is 3.01. The van der Waals surface area contributed by atoms with E-state index in [4.69, 9.17) is 14.6 Å². The van der Waals surface area contributed by atoms with Crippen molar-refractivity contribution in [3.05, 3.63) is 0 Å². The van der Waals surface area contributed by atoms with Gasteiger partial charge in [0.05, 0.1) is 6.61 Å². The maximum atomic E-state index is 10.7. The topological polar surface area (TPSA) is 55.8 Å². The van der Waals surface area contributed by atoms with Crippen LogP contribution in [0.3, 0.4) is 0 Å². The van der Waals surface area contributed by atoms with Gasteiger partial charge >= 0.3 is 5.97 Å². The summed E-state index contributed by atoms with van der Waals surface area (Å²) < 4.78 is 10.1. The van der Waals surface area contributed by atoms with Crippen molar-refractivity contribution in [2.24, 2.45) is 0 Å². The first-order valence-electron chi connectivity index (χ1n) is 8.05. The van der Waals surface area contributed by atoms with Crippen LogP contribution in [0.15, 0.2) is 0 Å². The predicted molar refractivity (Wildman–Crippen MR) is 81.1 cm³/mol. The summed E-state index contributed by atoms with van der Waals surface area (Å²) in [4.78, 5) is 10.7. The molecule has 0 radical (unpaired) electrons. The zero-order chi connectivity index (χ0) is 15.1. The van der Waals surface area contributed by atoms with Crippen molar-refractivity contribution >= 4 is 5.97 Å². The SMILES string of the molecule is CCCCCCCCCCCCOCC(OC)C(=O)O. The summed E-state index contributed by atoms with van der Waals surface area (Å²) >= 11 is 0. The number of methoxy groups -OCH3 is 1. The van der Waals surface area contributed by atoms with Crippen LogP contribution in [0.4, 0.5) is 0 Å². The fourth-order valence-corrected chi connectivity index (χ4v) is 2.12. The molecule has 0 saturated carbocycles. The number of hydrogen-bond donors (Lipinski definition) is 1. The largest absolute Gasteiger partial charge is 0.479 e. The molecule has 0 amide bonds. The standard InChI is InChI=1S/C16H32O4/c1-3-4-5-6-7-8-9-10-11-12-13-20-14-15(19-2)16(17)18/h15H,3-14H2,1-2H3,(H,17,18). The Bertz CT molecular complexity index is 219. The molecule has 0 aliphatic rings. The Morgan fingerprint density at radius 2 is 1.45 bits per heavy atom. The van der Waals surface area contributed by atoms with Gasteiger partial charge in [0.2, 0.25) is 0 Å². The summed E-state index contributed by atoms with van der Waals surface area (Å²) in [5.41, 5.74) is 0. The van der Waals surface area contributed by atoms with E-state index >= 15 is 0 Å². The van der Waals surface area contributed by atoms with Crippen molar-refractivity contribution in [1.29, 1.82) is 0 Å². The number of aliphatic carboxylic acids is 1. The summed E-state index contributed by atoms with van der Waals surface area (Å²) in [6, 6.07) is 0. The van der Waals surface area contributed by atoms with Gasteiger partial charge in [-0.1, -0.05) is 64.7 Å². The van der Waals surface area contributed by atoms with E-state index in [-0.39, 0.29) is 6.61 Å². The van der Waals surface area contributed by atoms with Crippen molar-refractivity contribution in [2.75, 3.05) is 20.3 Å². The summed E-state index contributed by atoms with van der Waals surface area (Å²) in [5.74, 6) is -0.962. The Hall–Kier alpha value is -0.610. The second-order valence-corrected chi connectivity index (χ2v) is 5.32. The average molecular weight is 288 g/mol. The molecule has 1 unspecified atom stereocenters. The average Bonchev–Trinajstić information content (AvgIpc) is 2.43. The van der Waals surface area contributed by atoms with Crippen molar-refractivity contribution in [3.63, 3.8) is 0 Å². The summed E-state index contributed by atoms with van der Waals surface area (Å²) in [5, 5.41) is 8.75. The van der Waals surface area contributed by atoms with E-state index in [1.54, 1.807) is 0 Å². The van der Waals surface area contributed by atoms with Crippen molar-refractivity contribution in [3.8, 4) is 0 Å². The molecule has 120 valence electrons. The lowest BCUT2D eigenvalue weighted by Gasteiger charge is -2.10. The van der Waals surface area contributed by atoms with Crippen LogP contribution in [0.2, 0.25) is 0 Å². The minimum Gasteiger partial charge on any atom is -0.479 e. The first-order chi connectivity index (χ1) is 9.72. The molecule has 0 aromatic carbocycles. The van der Waals surface area contributed by atoms with Crippen molar-refractivity contribution in [1.82, 2.24) is 0 Å². The maximum Gasteiger partial charge on any atom is 0.335 e. The van der Waals surface area contributed by atoms with Gasteiger partial charge in [0.25, 0.3) is 0 Å². The highest BCUT2D eigenvalue weighted by Gasteiger charge is 2.15. The first kappa shape index (κ1) is 19.4. The molecule has 0 aromatic heterocycles. The number of hydrogen-bond acceptors (Lipinski definition) is 3. The molecule has 4 heteroatoms. The van der Waals surface area contributed by atoms with Crippen LogP contribution >= 0.6 is 0 Å². The number of carboxylic acid groups (broad SMARTS) is 1. The Morgan fingerprint density at radius 3 is 1.90 bits per heavy atom. The van der Waals surface area contributed by atoms with Crippen molar-refractivity contribution < 1.29 is 19.4 Å². The molecule has 1 N–H and O–H groups in total. The number of carbonyl (C=O) groups is 1. The third-order valence-corrected chi connectivity index (χ3v) is 3.47. The molecular weight excluding hydrogens is 256 g/mol.